The van der Waals surface area contributed by atoms with Gasteiger partial charge in [0.1, 0.15) is 12.1 Å². The number of hydrogen-bond donors (Lipinski definition) is 1. The molecule has 0 radical (unpaired) electrons. The Balaban J connectivity index is 1.57. The van der Waals surface area contributed by atoms with Crippen molar-refractivity contribution < 1.29 is 12.8 Å². The van der Waals surface area contributed by atoms with Crippen LogP contribution in [0.15, 0.2) is 41.8 Å². The molecule has 0 fully saturated rings. The smallest absolute Gasteiger partial charge is 0.219 e. The Hall–Kier alpha value is -2.10. The summed E-state index contributed by atoms with van der Waals surface area (Å²) >= 11 is 5.61. The third kappa shape index (κ3) is 3.69. The molecule has 0 aliphatic heterocycles. The van der Waals surface area contributed by atoms with Crippen LogP contribution in [0.3, 0.4) is 0 Å². The first kappa shape index (κ1) is 16.7. The molecule has 0 saturated carbocycles. The highest BCUT2D eigenvalue weighted by molar-refractivity contribution is 7.89. The lowest BCUT2D eigenvalue weighted by Gasteiger charge is -2.07. The first-order valence-electron chi connectivity index (χ1n) is 7.05. The molecular formula is C14H13ClFN5O2S. The summed E-state index contributed by atoms with van der Waals surface area (Å²) in [4.78, 5) is 8.01. The van der Waals surface area contributed by atoms with Crippen LogP contribution in [-0.4, -0.2) is 34.5 Å². The standard InChI is InChI=1S/C14H13ClFN5O2S/c15-12-6-11(3-4-13(12)16)24(22,23)20-5-1-2-10-7-17-14-18-9-19-21(14)8-10/h3-4,6-9,20H,1-2,5H2. The molecule has 0 unspecified atom stereocenters. The van der Waals surface area contributed by atoms with Crippen molar-refractivity contribution in [3.8, 4) is 0 Å². The van der Waals surface area contributed by atoms with Crippen molar-refractivity contribution in [1.82, 2.24) is 24.3 Å². The summed E-state index contributed by atoms with van der Waals surface area (Å²) in [7, 11) is -3.72. The summed E-state index contributed by atoms with van der Waals surface area (Å²) in [5, 5.41) is 3.76. The minimum Gasteiger partial charge on any atom is -0.219 e. The van der Waals surface area contributed by atoms with E-state index >= 15 is 0 Å². The molecule has 0 amide bonds. The third-order valence-electron chi connectivity index (χ3n) is 3.32. The van der Waals surface area contributed by atoms with Gasteiger partial charge in [0.15, 0.2) is 0 Å². The number of aromatic nitrogens is 4. The van der Waals surface area contributed by atoms with Crippen LogP contribution in [-0.2, 0) is 16.4 Å². The number of aryl methyl sites for hydroxylation is 1. The van der Waals surface area contributed by atoms with Gasteiger partial charge in [0, 0.05) is 18.9 Å². The highest BCUT2D eigenvalue weighted by atomic mass is 35.5. The highest BCUT2D eigenvalue weighted by Crippen LogP contribution is 2.19. The van der Waals surface area contributed by atoms with Crippen LogP contribution in [0.25, 0.3) is 5.78 Å². The second kappa shape index (κ2) is 6.80. The average molecular weight is 370 g/mol. The van der Waals surface area contributed by atoms with Crippen molar-refractivity contribution in [2.45, 2.75) is 17.7 Å². The molecule has 3 rings (SSSR count). The Bertz CT molecular complexity index is 976. The van der Waals surface area contributed by atoms with Crippen molar-refractivity contribution in [2.24, 2.45) is 0 Å². The van der Waals surface area contributed by atoms with Gasteiger partial charge >= 0.3 is 0 Å². The summed E-state index contributed by atoms with van der Waals surface area (Å²) < 4.78 is 41.4. The zero-order valence-corrected chi connectivity index (χ0v) is 13.9. The van der Waals surface area contributed by atoms with Crippen molar-refractivity contribution in [1.29, 1.82) is 0 Å². The van der Waals surface area contributed by atoms with Crippen molar-refractivity contribution in [2.75, 3.05) is 6.54 Å². The Morgan fingerprint density at radius 1 is 1.29 bits per heavy atom. The third-order valence-corrected chi connectivity index (χ3v) is 5.07. The average Bonchev–Trinajstić information content (AvgIpc) is 3.02. The number of nitrogens with one attached hydrogen (secondary N) is 1. The summed E-state index contributed by atoms with van der Waals surface area (Å²) in [6.45, 7) is 0.229. The minimum absolute atomic E-state index is 0.0698. The Morgan fingerprint density at radius 2 is 2.12 bits per heavy atom. The van der Waals surface area contributed by atoms with Gasteiger partial charge in [-0.05, 0) is 36.6 Å². The first-order chi connectivity index (χ1) is 11.5. The minimum atomic E-state index is -3.72. The quantitative estimate of drug-likeness (QED) is 0.669. The first-order valence-corrected chi connectivity index (χ1v) is 8.91. The molecule has 10 heteroatoms. The SMILES string of the molecule is O=S(=O)(NCCCc1cnc2ncnn2c1)c1ccc(F)c(Cl)c1. The van der Waals surface area contributed by atoms with E-state index in [1.807, 2.05) is 0 Å². The van der Waals surface area contributed by atoms with Crippen molar-refractivity contribution in [3.05, 3.63) is 53.3 Å². The number of nitrogens with zero attached hydrogens (tertiary/aromatic N) is 4. The molecular weight excluding hydrogens is 357 g/mol. The number of halogens is 2. The zero-order valence-electron chi connectivity index (χ0n) is 12.4. The van der Waals surface area contributed by atoms with Gasteiger partial charge in [0.05, 0.1) is 9.92 Å². The molecule has 3 aromatic rings. The highest BCUT2D eigenvalue weighted by Gasteiger charge is 2.15. The largest absolute Gasteiger partial charge is 0.252 e. The number of rotatable bonds is 6. The van der Waals surface area contributed by atoms with E-state index in [4.69, 9.17) is 11.6 Å². The van der Waals surface area contributed by atoms with Crippen LogP contribution in [0.4, 0.5) is 4.39 Å². The molecule has 7 nitrogen and oxygen atoms in total. The second-order valence-electron chi connectivity index (χ2n) is 5.04. The molecule has 2 heterocycles. The second-order valence-corrected chi connectivity index (χ2v) is 7.22. The Kier molecular flexibility index (Phi) is 4.74. The number of hydrogen-bond acceptors (Lipinski definition) is 5. The summed E-state index contributed by atoms with van der Waals surface area (Å²) in [5.74, 6) is -0.153. The fourth-order valence-corrected chi connectivity index (χ4v) is 3.46. The number of benzene rings is 1. The maximum atomic E-state index is 13.1. The molecule has 24 heavy (non-hydrogen) atoms. The summed E-state index contributed by atoms with van der Waals surface area (Å²) in [6, 6.07) is 3.28. The molecule has 0 aliphatic carbocycles. The van der Waals surface area contributed by atoms with Gasteiger partial charge in [-0.2, -0.15) is 10.1 Å². The fourth-order valence-electron chi connectivity index (χ4n) is 2.11. The van der Waals surface area contributed by atoms with Crippen LogP contribution < -0.4 is 4.72 Å². The van der Waals surface area contributed by atoms with Crippen LogP contribution in [0.2, 0.25) is 5.02 Å². The van der Waals surface area contributed by atoms with E-state index in [1.165, 1.54) is 12.4 Å². The van der Waals surface area contributed by atoms with E-state index in [9.17, 15) is 12.8 Å². The Morgan fingerprint density at radius 3 is 2.92 bits per heavy atom. The molecule has 1 aromatic carbocycles. The van der Waals surface area contributed by atoms with E-state index in [1.54, 1.807) is 16.9 Å². The lowest BCUT2D eigenvalue weighted by molar-refractivity contribution is 0.578. The lowest BCUT2D eigenvalue weighted by Crippen LogP contribution is -2.25. The van der Waals surface area contributed by atoms with Crippen LogP contribution >= 0.6 is 11.6 Å². The molecule has 2 aromatic heterocycles. The fraction of sp³-hybridized carbons (Fsp3) is 0.214. The van der Waals surface area contributed by atoms with Crippen LogP contribution in [0, 0.1) is 5.82 Å². The molecule has 0 atom stereocenters. The molecule has 1 N–H and O–H groups in total. The van der Waals surface area contributed by atoms with E-state index in [2.05, 4.69) is 19.8 Å². The van der Waals surface area contributed by atoms with Gasteiger partial charge in [-0.25, -0.2) is 27.0 Å². The van der Waals surface area contributed by atoms with Gasteiger partial charge in [0.25, 0.3) is 5.78 Å². The summed E-state index contributed by atoms with van der Waals surface area (Å²) in [5.41, 5.74) is 0.914. The van der Waals surface area contributed by atoms with E-state index < -0.39 is 15.8 Å². The normalized spacial score (nSPS) is 11.9. The molecule has 126 valence electrons. The van der Waals surface area contributed by atoms with Crippen molar-refractivity contribution in [3.63, 3.8) is 0 Å². The van der Waals surface area contributed by atoms with E-state index in [-0.39, 0.29) is 16.5 Å². The van der Waals surface area contributed by atoms with Crippen LogP contribution in [0.5, 0.6) is 0 Å². The summed E-state index contributed by atoms with van der Waals surface area (Å²) in [6.07, 6.45) is 6.07. The predicted molar refractivity (Wildman–Crippen MR) is 85.7 cm³/mol. The number of fused-ring (bicyclic) bond motifs is 1. The van der Waals surface area contributed by atoms with E-state index in [0.717, 1.165) is 17.7 Å². The van der Waals surface area contributed by atoms with Gasteiger partial charge in [-0.1, -0.05) is 11.6 Å². The maximum absolute atomic E-state index is 13.1. The Labute approximate surface area is 142 Å². The van der Waals surface area contributed by atoms with Gasteiger partial charge < -0.3 is 0 Å². The maximum Gasteiger partial charge on any atom is 0.252 e. The number of sulfonamides is 1. The molecule has 0 saturated heterocycles. The molecule has 0 bridgehead atoms. The molecule has 0 spiro atoms. The van der Waals surface area contributed by atoms with Crippen LogP contribution in [0.1, 0.15) is 12.0 Å². The van der Waals surface area contributed by atoms with Crippen molar-refractivity contribution >= 4 is 27.4 Å². The monoisotopic (exact) mass is 369 g/mol. The topological polar surface area (TPSA) is 89.2 Å². The van der Waals surface area contributed by atoms with E-state index in [0.29, 0.717) is 18.6 Å². The molecule has 0 aliphatic rings. The van der Waals surface area contributed by atoms with Gasteiger partial charge in [0.2, 0.25) is 10.0 Å². The van der Waals surface area contributed by atoms with Gasteiger partial charge in [-0.15, -0.1) is 0 Å². The predicted octanol–water partition coefficient (Wildman–Crippen LogP) is 1.83. The lowest BCUT2D eigenvalue weighted by atomic mass is 10.2. The zero-order chi connectivity index (χ0) is 17.2. The van der Waals surface area contributed by atoms with Gasteiger partial charge in [-0.3, -0.25) is 0 Å².